The molecule has 10 heteroatoms. The molecule has 1 N–H and O–H groups in total. The Morgan fingerprint density at radius 3 is 2.43 bits per heavy atom. The quantitative estimate of drug-likeness (QED) is 0.660. The van der Waals surface area contributed by atoms with Crippen molar-refractivity contribution in [1.29, 1.82) is 0 Å². The molecule has 0 bridgehead atoms. The van der Waals surface area contributed by atoms with Crippen LogP contribution in [0.2, 0.25) is 0 Å². The van der Waals surface area contributed by atoms with Gasteiger partial charge in [-0.3, -0.25) is 10.1 Å². The van der Waals surface area contributed by atoms with Gasteiger partial charge in [0.25, 0.3) is 11.8 Å². The number of benzene rings is 1. The van der Waals surface area contributed by atoms with E-state index in [1.807, 2.05) is 0 Å². The molecule has 9 nitrogen and oxygen atoms in total. The van der Waals surface area contributed by atoms with Gasteiger partial charge in [-0.2, -0.15) is 4.31 Å². The van der Waals surface area contributed by atoms with Gasteiger partial charge in [0, 0.05) is 18.7 Å². The lowest BCUT2D eigenvalue weighted by molar-refractivity contribution is 0.102. The van der Waals surface area contributed by atoms with Crippen molar-refractivity contribution in [2.24, 2.45) is 11.8 Å². The zero-order chi connectivity index (χ0) is 21.3. The molecule has 1 fully saturated rings. The third-order valence-corrected chi connectivity index (χ3v) is 6.81. The number of rotatable bonds is 5. The molecular formula is C20H22N4O5S. The van der Waals surface area contributed by atoms with E-state index in [9.17, 15) is 13.2 Å². The first-order valence-electron chi connectivity index (χ1n) is 9.62. The van der Waals surface area contributed by atoms with Crippen LogP contribution in [0.5, 0.6) is 0 Å². The van der Waals surface area contributed by atoms with Gasteiger partial charge in [0.05, 0.1) is 11.2 Å². The van der Waals surface area contributed by atoms with Gasteiger partial charge >= 0.3 is 6.01 Å². The van der Waals surface area contributed by atoms with Crippen molar-refractivity contribution in [2.75, 3.05) is 18.4 Å². The smallest absolute Gasteiger partial charge is 0.322 e. The number of furan rings is 1. The number of anilines is 1. The van der Waals surface area contributed by atoms with Crippen LogP contribution in [0.3, 0.4) is 0 Å². The van der Waals surface area contributed by atoms with Gasteiger partial charge in [-0.1, -0.05) is 18.9 Å². The van der Waals surface area contributed by atoms with Crippen LogP contribution < -0.4 is 5.32 Å². The predicted octanol–water partition coefficient (Wildman–Crippen LogP) is 3.25. The Bertz CT molecular complexity index is 1110. The number of nitrogens with one attached hydrogen (secondary N) is 1. The summed E-state index contributed by atoms with van der Waals surface area (Å²) in [6.07, 6.45) is 2.49. The maximum Gasteiger partial charge on any atom is 0.322 e. The van der Waals surface area contributed by atoms with E-state index in [4.69, 9.17) is 8.83 Å². The fourth-order valence-electron chi connectivity index (χ4n) is 3.67. The van der Waals surface area contributed by atoms with Crippen molar-refractivity contribution in [3.05, 3.63) is 48.2 Å². The van der Waals surface area contributed by atoms with Gasteiger partial charge in [-0.25, -0.2) is 8.42 Å². The highest BCUT2D eigenvalue weighted by atomic mass is 32.2. The van der Waals surface area contributed by atoms with E-state index < -0.39 is 15.9 Å². The molecule has 0 spiro atoms. The molecule has 3 heterocycles. The number of aromatic nitrogens is 2. The summed E-state index contributed by atoms with van der Waals surface area (Å²) in [6.45, 7) is 5.12. The van der Waals surface area contributed by atoms with Crippen LogP contribution in [-0.2, 0) is 10.0 Å². The van der Waals surface area contributed by atoms with Crippen LogP contribution in [-0.4, -0.2) is 41.9 Å². The molecule has 3 aromatic rings. The van der Waals surface area contributed by atoms with Gasteiger partial charge in [0.15, 0.2) is 5.76 Å². The number of piperidine rings is 1. The topological polar surface area (TPSA) is 119 Å². The molecule has 2 atom stereocenters. The highest BCUT2D eigenvalue weighted by Crippen LogP contribution is 2.27. The van der Waals surface area contributed by atoms with Crippen LogP contribution >= 0.6 is 0 Å². The summed E-state index contributed by atoms with van der Waals surface area (Å²) in [7, 11) is -3.60. The molecule has 4 rings (SSSR count). The number of carbonyl (C=O) groups excluding carboxylic acids is 1. The normalized spacial score (nSPS) is 20.2. The molecule has 1 aromatic carbocycles. The van der Waals surface area contributed by atoms with Gasteiger partial charge in [-0.15, -0.1) is 5.10 Å². The van der Waals surface area contributed by atoms with Crippen LogP contribution in [0.15, 0.2) is 56.4 Å². The lowest BCUT2D eigenvalue weighted by Gasteiger charge is -2.34. The second-order valence-corrected chi connectivity index (χ2v) is 9.57. The Morgan fingerprint density at radius 2 is 1.80 bits per heavy atom. The largest absolute Gasteiger partial charge is 0.459 e. The summed E-state index contributed by atoms with van der Waals surface area (Å²) in [5, 5.41) is 10.1. The number of carbonyl (C=O) groups is 1. The van der Waals surface area contributed by atoms with E-state index in [1.54, 1.807) is 12.1 Å². The average molecular weight is 430 g/mol. The lowest BCUT2D eigenvalue weighted by Crippen LogP contribution is -2.42. The molecule has 30 heavy (non-hydrogen) atoms. The van der Waals surface area contributed by atoms with Crippen molar-refractivity contribution < 1.29 is 22.0 Å². The summed E-state index contributed by atoms with van der Waals surface area (Å²) in [5.74, 6) is 0.664. The molecule has 0 saturated carbocycles. The monoisotopic (exact) mass is 430 g/mol. The van der Waals surface area contributed by atoms with Gasteiger partial charge in [0.2, 0.25) is 10.0 Å². The summed E-state index contributed by atoms with van der Waals surface area (Å²) >= 11 is 0. The van der Waals surface area contributed by atoms with Gasteiger partial charge in [0.1, 0.15) is 0 Å². The fraction of sp³-hybridized carbons (Fsp3) is 0.350. The fourth-order valence-corrected chi connectivity index (χ4v) is 5.35. The first-order valence-corrected chi connectivity index (χ1v) is 11.1. The molecule has 158 valence electrons. The van der Waals surface area contributed by atoms with E-state index >= 15 is 0 Å². The number of hydrogen-bond donors (Lipinski definition) is 1. The number of amides is 1. The maximum atomic E-state index is 12.9. The summed E-state index contributed by atoms with van der Waals surface area (Å²) in [5.41, 5.74) is 0.270. The average Bonchev–Trinajstić information content (AvgIpc) is 3.39. The SMILES string of the molecule is CC1CC(C)CN(S(=O)(=O)c2ccc(C(=O)Nc3nnc(-c4ccco4)o3)cc2)C1. The minimum atomic E-state index is -3.60. The van der Waals surface area contributed by atoms with Crippen molar-refractivity contribution >= 4 is 21.9 Å². The summed E-state index contributed by atoms with van der Waals surface area (Å²) in [4.78, 5) is 12.6. The van der Waals surface area contributed by atoms with E-state index in [0.717, 1.165) is 6.42 Å². The minimum Gasteiger partial charge on any atom is -0.459 e. The van der Waals surface area contributed by atoms with Crippen LogP contribution in [0, 0.1) is 11.8 Å². The number of nitrogens with zero attached hydrogens (tertiary/aromatic N) is 3. The van der Waals surface area contributed by atoms with Crippen molar-refractivity contribution in [1.82, 2.24) is 14.5 Å². The Kier molecular flexibility index (Phi) is 5.44. The third kappa shape index (κ3) is 4.14. The maximum absolute atomic E-state index is 12.9. The second kappa shape index (κ2) is 8.04. The number of hydrogen-bond acceptors (Lipinski definition) is 7. The van der Waals surface area contributed by atoms with Gasteiger partial charge < -0.3 is 8.83 Å². The molecule has 2 aromatic heterocycles. The summed E-state index contributed by atoms with van der Waals surface area (Å²) in [6, 6.07) is 9.05. The second-order valence-electron chi connectivity index (χ2n) is 7.64. The Hall–Kier alpha value is -2.98. The zero-order valence-corrected chi connectivity index (χ0v) is 17.4. The van der Waals surface area contributed by atoms with Crippen LogP contribution in [0.25, 0.3) is 11.7 Å². The minimum absolute atomic E-state index is 0.0839. The van der Waals surface area contributed by atoms with Crippen molar-refractivity contribution in [3.8, 4) is 11.7 Å². The van der Waals surface area contributed by atoms with E-state index in [0.29, 0.717) is 30.7 Å². The molecule has 1 aliphatic rings. The third-order valence-electron chi connectivity index (χ3n) is 4.97. The van der Waals surface area contributed by atoms with Crippen LogP contribution in [0.1, 0.15) is 30.6 Å². The Balaban J connectivity index is 1.46. The Labute approximate surface area is 174 Å². The molecule has 1 aliphatic heterocycles. The first-order chi connectivity index (χ1) is 14.3. The van der Waals surface area contributed by atoms with E-state index in [1.165, 1.54) is 34.8 Å². The molecular weight excluding hydrogens is 408 g/mol. The van der Waals surface area contributed by atoms with Gasteiger partial charge in [-0.05, 0) is 54.7 Å². The van der Waals surface area contributed by atoms with Crippen LogP contribution in [0.4, 0.5) is 6.01 Å². The summed E-state index contributed by atoms with van der Waals surface area (Å²) < 4.78 is 37.9. The zero-order valence-electron chi connectivity index (χ0n) is 16.6. The van der Waals surface area contributed by atoms with Crippen molar-refractivity contribution in [3.63, 3.8) is 0 Å². The molecule has 2 unspecified atom stereocenters. The highest BCUT2D eigenvalue weighted by Gasteiger charge is 2.31. The Morgan fingerprint density at radius 1 is 1.10 bits per heavy atom. The molecule has 0 aliphatic carbocycles. The molecule has 1 saturated heterocycles. The molecule has 0 radical (unpaired) electrons. The highest BCUT2D eigenvalue weighted by molar-refractivity contribution is 7.89. The number of sulfonamides is 1. The lowest BCUT2D eigenvalue weighted by atomic mass is 9.94. The predicted molar refractivity (Wildman–Crippen MR) is 108 cm³/mol. The standard InChI is InChI=1S/C20H22N4O5S/c1-13-10-14(2)12-24(11-13)30(26,27)16-7-5-15(6-8-16)18(25)21-20-23-22-19(29-20)17-4-3-9-28-17/h3-9,13-14H,10-12H2,1-2H3,(H,21,23,25). The first kappa shape index (κ1) is 20.3. The van der Waals surface area contributed by atoms with E-state index in [-0.39, 0.29) is 22.4 Å². The van der Waals surface area contributed by atoms with Crippen molar-refractivity contribution in [2.45, 2.75) is 25.2 Å². The molecule has 1 amide bonds. The van der Waals surface area contributed by atoms with E-state index in [2.05, 4.69) is 29.4 Å².